The molecule has 2 heterocycles. The van der Waals surface area contributed by atoms with Crippen LogP contribution in [0.5, 0.6) is 11.5 Å². The SMILES string of the molecule is Clc1ccc(-c2cn(Cc3ccc4c(c3)OCO4)nn2)cc1Cl. The second-order valence-corrected chi connectivity index (χ2v) is 5.93. The van der Waals surface area contributed by atoms with Gasteiger partial charge in [-0.2, -0.15) is 0 Å². The molecule has 0 saturated heterocycles. The second kappa shape index (κ2) is 5.76. The molecule has 116 valence electrons. The summed E-state index contributed by atoms with van der Waals surface area (Å²) in [4.78, 5) is 0. The van der Waals surface area contributed by atoms with Crippen molar-refractivity contribution in [1.29, 1.82) is 0 Å². The Kier molecular flexibility index (Phi) is 3.59. The Balaban J connectivity index is 1.57. The fraction of sp³-hybridized carbons (Fsp3) is 0.125. The number of rotatable bonds is 3. The van der Waals surface area contributed by atoms with Crippen LogP contribution in [0.15, 0.2) is 42.6 Å². The molecule has 0 radical (unpaired) electrons. The van der Waals surface area contributed by atoms with E-state index >= 15 is 0 Å². The van der Waals surface area contributed by atoms with Crippen LogP contribution in [0.3, 0.4) is 0 Å². The monoisotopic (exact) mass is 347 g/mol. The van der Waals surface area contributed by atoms with Crippen LogP contribution >= 0.6 is 23.2 Å². The van der Waals surface area contributed by atoms with Gasteiger partial charge >= 0.3 is 0 Å². The highest BCUT2D eigenvalue weighted by molar-refractivity contribution is 6.42. The van der Waals surface area contributed by atoms with Crippen LogP contribution in [0.25, 0.3) is 11.3 Å². The molecule has 7 heteroatoms. The molecule has 5 nitrogen and oxygen atoms in total. The van der Waals surface area contributed by atoms with Crippen molar-refractivity contribution >= 4 is 23.2 Å². The molecule has 0 aliphatic carbocycles. The van der Waals surface area contributed by atoms with Gasteiger partial charge in [0.25, 0.3) is 0 Å². The molecule has 0 atom stereocenters. The quantitative estimate of drug-likeness (QED) is 0.717. The van der Waals surface area contributed by atoms with Crippen molar-refractivity contribution in [2.75, 3.05) is 6.79 Å². The van der Waals surface area contributed by atoms with E-state index < -0.39 is 0 Å². The van der Waals surface area contributed by atoms with Crippen molar-refractivity contribution in [3.05, 3.63) is 58.2 Å². The number of aromatic nitrogens is 3. The lowest BCUT2D eigenvalue weighted by atomic mass is 10.2. The molecule has 1 aliphatic heterocycles. The molecule has 4 rings (SSSR count). The van der Waals surface area contributed by atoms with Crippen molar-refractivity contribution in [3.8, 4) is 22.8 Å². The van der Waals surface area contributed by atoms with Crippen LogP contribution in [0.2, 0.25) is 10.0 Å². The molecule has 0 spiro atoms. The van der Waals surface area contributed by atoms with E-state index in [4.69, 9.17) is 32.7 Å². The molecule has 2 aromatic carbocycles. The molecular weight excluding hydrogens is 337 g/mol. The lowest BCUT2D eigenvalue weighted by molar-refractivity contribution is 0.174. The van der Waals surface area contributed by atoms with Gasteiger partial charge in [0.05, 0.1) is 22.8 Å². The zero-order chi connectivity index (χ0) is 15.8. The van der Waals surface area contributed by atoms with Gasteiger partial charge in [0.1, 0.15) is 5.69 Å². The maximum atomic E-state index is 6.04. The summed E-state index contributed by atoms with van der Waals surface area (Å²) in [6.45, 7) is 0.856. The zero-order valence-electron chi connectivity index (χ0n) is 11.9. The highest BCUT2D eigenvalue weighted by atomic mass is 35.5. The van der Waals surface area contributed by atoms with Crippen molar-refractivity contribution in [2.24, 2.45) is 0 Å². The van der Waals surface area contributed by atoms with Crippen molar-refractivity contribution in [3.63, 3.8) is 0 Å². The third-order valence-electron chi connectivity index (χ3n) is 3.54. The Hall–Kier alpha value is -2.24. The van der Waals surface area contributed by atoms with Crippen molar-refractivity contribution in [1.82, 2.24) is 15.0 Å². The predicted molar refractivity (Wildman–Crippen MR) is 87.1 cm³/mol. The van der Waals surface area contributed by atoms with Gasteiger partial charge in [-0.25, -0.2) is 4.68 Å². The molecule has 0 amide bonds. The maximum absolute atomic E-state index is 6.04. The molecular formula is C16H11Cl2N3O2. The summed E-state index contributed by atoms with van der Waals surface area (Å²) in [5, 5.41) is 9.34. The van der Waals surface area contributed by atoms with Crippen molar-refractivity contribution < 1.29 is 9.47 Å². The predicted octanol–water partition coefficient (Wildman–Crippen LogP) is 4.03. The van der Waals surface area contributed by atoms with Crippen LogP contribution in [-0.4, -0.2) is 21.8 Å². The average molecular weight is 348 g/mol. The highest BCUT2D eigenvalue weighted by Gasteiger charge is 2.14. The van der Waals surface area contributed by atoms with E-state index in [9.17, 15) is 0 Å². The van der Waals surface area contributed by atoms with Gasteiger partial charge in [-0.1, -0.05) is 40.5 Å². The summed E-state index contributed by atoms with van der Waals surface area (Å²) in [6.07, 6.45) is 1.87. The molecule has 0 bridgehead atoms. The first-order valence-electron chi connectivity index (χ1n) is 6.93. The average Bonchev–Trinajstić information content (AvgIpc) is 3.19. The van der Waals surface area contributed by atoms with Crippen LogP contribution in [-0.2, 0) is 6.54 Å². The number of hydrogen-bond acceptors (Lipinski definition) is 4. The molecule has 1 aromatic heterocycles. The number of benzene rings is 2. The molecule has 23 heavy (non-hydrogen) atoms. The Labute approximate surface area is 142 Å². The topological polar surface area (TPSA) is 49.2 Å². The summed E-state index contributed by atoms with van der Waals surface area (Å²) < 4.78 is 12.4. The Morgan fingerprint density at radius 1 is 1.00 bits per heavy atom. The van der Waals surface area contributed by atoms with Crippen molar-refractivity contribution in [2.45, 2.75) is 6.54 Å². The van der Waals surface area contributed by atoms with E-state index in [1.165, 1.54) is 0 Å². The summed E-state index contributed by atoms with van der Waals surface area (Å²) >= 11 is 12.0. The van der Waals surface area contributed by atoms with Gasteiger partial charge in [-0.15, -0.1) is 5.10 Å². The van der Waals surface area contributed by atoms with E-state index in [1.807, 2.05) is 30.5 Å². The van der Waals surface area contributed by atoms with E-state index in [-0.39, 0.29) is 6.79 Å². The first-order chi connectivity index (χ1) is 11.2. The lowest BCUT2D eigenvalue weighted by Gasteiger charge is -2.02. The third-order valence-corrected chi connectivity index (χ3v) is 4.27. The van der Waals surface area contributed by atoms with Gasteiger partial charge < -0.3 is 9.47 Å². The molecule has 3 aromatic rings. The van der Waals surface area contributed by atoms with Gasteiger partial charge in [0.2, 0.25) is 6.79 Å². The Morgan fingerprint density at radius 2 is 1.87 bits per heavy atom. The van der Waals surface area contributed by atoms with Crippen LogP contribution in [0.4, 0.5) is 0 Å². The van der Waals surface area contributed by atoms with Crippen LogP contribution < -0.4 is 9.47 Å². The first kappa shape index (κ1) is 14.4. The Morgan fingerprint density at radius 3 is 2.74 bits per heavy atom. The third kappa shape index (κ3) is 2.85. The molecule has 0 unspecified atom stereocenters. The minimum absolute atomic E-state index is 0.267. The minimum atomic E-state index is 0.267. The minimum Gasteiger partial charge on any atom is -0.454 e. The maximum Gasteiger partial charge on any atom is 0.231 e. The van der Waals surface area contributed by atoms with Gasteiger partial charge in [-0.05, 0) is 29.8 Å². The number of ether oxygens (including phenoxy) is 2. The molecule has 0 saturated carbocycles. The number of nitrogens with zero attached hydrogens (tertiary/aromatic N) is 3. The standard InChI is InChI=1S/C16H11Cl2N3O2/c17-12-3-2-11(6-13(12)18)14-8-21(20-19-14)7-10-1-4-15-16(5-10)23-9-22-15/h1-6,8H,7,9H2. The van der Waals surface area contributed by atoms with E-state index in [0.717, 1.165) is 28.3 Å². The summed E-state index contributed by atoms with van der Waals surface area (Å²) in [5.41, 5.74) is 2.67. The lowest BCUT2D eigenvalue weighted by Crippen LogP contribution is -2.00. The van der Waals surface area contributed by atoms with Crippen LogP contribution in [0, 0.1) is 0 Å². The highest BCUT2D eigenvalue weighted by Crippen LogP contribution is 2.33. The summed E-state index contributed by atoms with van der Waals surface area (Å²) in [5.74, 6) is 1.52. The number of halogens is 2. The fourth-order valence-corrected chi connectivity index (χ4v) is 2.69. The fourth-order valence-electron chi connectivity index (χ4n) is 2.39. The zero-order valence-corrected chi connectivity index (χ0v) is 13.4. The van der Waals surface area contributed by atoms with Gasteiger partial charge in [-0.3, -0.25) is 0 Å². The number of fused-ring (bicyclic) bond motifs is 1. The first-order valence-corrected chi connectivity index (χ1v) is 7.69. The smallest absolute Gasteiger partial charge is 0.231 e. The molecule has 1 aliphatic rings. The Bertz CT molecular complexity index is 880. The van der Waals surface area contributed by atoms with E-state index in [0.29, 0.717) is 16.6 Å². The molecule has 0 N–H and O–H groups in total. The summed E-state index contributed by atoms with van der Waals surface area (Å²) in [7, 11) is 0. The normalized spacial score (nSPS) is 12.6. The molecule has 0 fully saturated rings. The van der Waals surface area contributed by atoms with Gasteiger partial charge in [0, 0.05) is 5.56 Å². The van der Waals surface area contributed by atoms with Crippen LogP contribution in [0.1, 0.15) is 5.56 Å². The second-order valence-electron chi connectivity index (χ2n) is 5.12. The number of hydrogen-bond donors (Lipinski definition) is 0. The largest absolute Gasteiger partial charge is 0.454 e. The van der Waals surface area contributed by atoms with Gasteiger partial charge in [0.15, 0.2) is 11.5 Å². The van der Waals surface area contributed by atoms with E-state index in [2.05, 4.69) is 10.3 Å². The van der Waals surface area contributed by atoms with E-state index in [1.54, 1.807) is 16.8 Å². The summed E-state index contributed by atoms with van der Waals surface area (Å²) in [6, 6.07) is 11.2.